The Balaban J connectivity index is 1.55. The summed E-state index contributed by atoms with van der Waals surface area (Å²) in [6, 6.07) is 6.89. The van der Waals surface area contributed by atoms with Gasteiger partial charge in [-0.1, -0.05) is 28.9 Å². The molecule has 1 aliphatic carbocycles. The van der Waals surface area contributed by atoms with E-state index < -0.39 is 62.6 Å². The quantitative estimate of drug-likeness (QED) is 0.486. The van der Waals surface area contributed by atoms with Crippen LogP contribution in [-0.2, 0) is 21.2 Å². The molecule has 1 aliphatic heterocycles. The van der Waals surface area contributed by atoms with E-state index in [-0.39, 0.29) is 29.6 Å². The molecule has 2 aliphatic rings. The molecule has 1 saturated carbocycles. The Bertz CT molecular complexity index is 1490. The zero-order valence-corrected chi connectivity index (χ0v) is 20.9. The smallest absolute Gasteiger partial charge is 0.322 e. The summed E-state index contributed by atoms with van der Waals surface area (Å²) in [6.45, 7) is 1.49. The van der Waals surface area contributed by atoms with Crippen LogP contribution < -0.4 is 16.0 Å². The maximum Gasteiger partial charge on any atom is 0.322 e. The van der Waals surface area contributed by atoms with Crippen LogP contribution in [0.3, 0.4) is 0 Å². The van der Waals surface area contributed by atoms with E-state index in [0.29, 0.717) is 10.6 Å². The second kappa shape index (κ2) is 8.71. The summed E-state index contributed by atoms with van der Waals surface area (Å²) in [4.78, 5) is 18.0. The van der Waals surface area contributed by atoms with E-state index in [4.69, 9.17) is 21.9 Å². The lowest BCUT2D eigenvalue weighted by molar-refractivity contribution is -0.119. The molecule has 1 aromatic heterocycles. The van der Waals surface area contributed by atoms with Crippen molar-refractivity contribution < 1.29 is 30.9 Å². The number of anilines is 2. The number of alkyl halides is 2. The van der Waals surface area contributed by atoms with E-state index in [1.54, 1.807) is 31.2 Å². The molecule has 5 rings (SSSR count). The maximum absolute atomic E-state index is 15.2. The van der Waals surface area contributed by atoms with Crippen molar-refractivity contribution in [2.45, 2.75) is 48.7 Å². The summed E-state index contributed by atoms with van der Waals surface area (Å²) in [7, 11) is -4.14. The Morgan fingerprint density at radius 3 is 2.57 bits per heavy atom. The van der Waals surface area contributed by atoms with E-state index in [1.165, 1.54) is 0 Å². The van der Waals surface area contributed by atoms with Gasteiger partial charge in [0.25, 0.3) is 5.92 Å². The van der Waals surface area contributed by atoms with Crippen LogP contribution in [0.25, 0.3) is 11.4 Å². The van der Waals surface area contributed by atoms with Gasteiger partial charge in [-0.25, -0.2) is 21.6 Å². The number of hydrogen-bond donors (Lipinski definition) is 2. The summed E-state index contributed by atoms with van der Waals surface area (Å²) < 4.78 is 72.9. The Morgan fingerprint density at radius 2 is 1.92 bits per heavy atom. The van der Waals surface area contributed by atoms with Gasteiger partial charge in [0, 0.05) is 17.9 Å². The van der Waals surface area contributed by atoms with Crippen LogP contribution in [0.2, 0.25) is 5.02 Å². The summed E-state index contributed by atoms with van der Waals surface area (Å²) in [5, 5.41) is 6.92. The number of halogens is 4. The van der Waals surface area contributed by atoms with Crippen molar-refractivity contribution in [3.63, 3.8) is 0 Å². The third-order valence-corrected chi connectivity index (χ3v) is 8.33. The van der Waals surface area contributed by atoms with Crippen molar-refractivity contribution in [1.82, 2.24) is 10.1 Å². The zero-order chi connectivity index (χ0) is 26.8. The predicted octanol–water partition coefficient (Wildman–Crippen LogP) is 3.78. The Morgan fingerprint density at radius 1 is 1.24 bits per heavy atom. The van der Waals surface area contributed by atoms with Crippen molar-refractivity contribution >= 4 is 39.0 Å². The van der Waals surface area contributed by atoms with E-state index in [0.717, 1.165) is 17.0 Å². The molecule has 0 radical (unpaired) electrons. The van der Waals surface area contributed by atoms with E-state index in [1.807, 2.05) is 0 Å². The second-order valence-electron chi connectivity index (χ2n) is 9.56. The van der Waals surface area contributed by atoms with Crippen LogP contribution in [0.4, 0.5) is 24.9 Å². The highest BCUT2D eigenvalue weighted by Crippen LogP contribution is 2.47. The molecule has 1 fully saturated rings. The van der Waals surface area contributed by atoms with Gasteiger partial charge >= 0.3 is 6.01 Å². The monoisotopic (exact) mass is 555 g/mol. The Hall–Kier alpha value is -3.16. The Kier molecular flexibility index (Phi) is 6.00. The van der Waals surface area contributed by atoms with Crippen molar-refractivity contribution in [2.24, 2.45) is 5.73 Å². The van der Waals surface area contributed by atoms with Gasteiger partial charge in [-0.2, -0.15) is 4.98 Å². The summed E-state index contributed by atoms with van der Waals surface area (Å²) >= 11 is 5.94. The highest BCUT2D eigenvalue weighted by Gasteiger charge is 2.54. The number of benzene rings is 2. The number of nitrogens with zero attached hydrogens (tertiary/aromatic N) is 3. The number of carbonyl (C=O) groups excluding carboxylic acids is 1. The molecule has 1 atom stereocenters. The average Bonchev–Trinajstić information content (AvgIpc) is 3.21. The van der Waals surface area contributed by atoms with Crippen LogP contribution in [0.5, 0.6) is 0 Å². The first kappa shape index (κ1) is 25.5. The van der Waals surface area contributed by atoms with Gasteiger partial charge in [0.05, 0.1) is 40.0 Å². The molecule has 3 N–H and O–H groups in total. The fourth-order valence-electron chi connectivity index (χ4n) is 4.65. The van der Waals surface area contributed by atoms with Gasteiger partial charge < -0.3 is 20.5 Å². The number of nitrogens with two attached hydrogens (primary N) is 1. The van der Waals surface area contributed by atoms with Gasteiger partial charge in [0.2, 0.25) is 11.7 Å². The lowest BCUT2D eigenvalue weighted by Gasteiger charge is -2.44. The number of sulfone groups is 1. The fraction of sp³-hybridized carbons (Fsp3) is 0.348. The number of hydrogen-bond acceptors (Lipinski definition) is 8. The van der Waals surface area contributed by atoms with E-state index >= 15 is 4.39 Å². The number of nitrogens with one attached hydrogen (secondary N) is 1. The van der Waals surface area contributed by atoms with Crippen molar-refractivity contribution in [3.8, 4) is 11.4 Å². The van der Waals surface area contributed by atoms with Gasteiger partial charge in [0.15, 0.2) is 9.84 Å². The van der Waals surface area contributed by atoms with E-state index in [2.05, 4.69) is 15.5 Å². The highest BCUT2D eigenvalue weighted by atomic mass is 35.5. The minimum absolute atomic E-state index is 0.0666. The van der Waals surface area contributed by atoms with Crippen molar-refractivity contribution in [1.29, 1.82) is 0 Å². The fourth-order valence-corrected chi connectivity index (χ4v) is 6.34. The standard InChI is InChI=1S/C23H21ClF3N5O4S/c1-22(10-23(26,27)11-22)30-21-29-19(31-36-21)14-6-17-18(7-15(14)25)37(34,35)9-16(28)20(33)32(17)8-12-2-4-13(24)5-3-12/h2-7,16H,8-11,28H2,1H3,(H,29,30,31)/t16-/m0/s1. The lowest BCUT2D eigenvalue weighted by atomic mass is 9.75. The van der Waals surface area contributed by atoms with Gasteiger partial charge in [-0.15, -0.1) is 0 Å². The molecule has 14 heteroatoms. The first-order valence-electron chi connectivity index (χ1n) is 11.1. The van der Waals surface area contributed by atoms with Gasteiger partial charge in [-0.05, 0) is 36.8 Å². The molecular formula is C23H21ClF3N5O4S. The van der Waals surface area contributed by atoms with Crippen molar-refractivity contribution in [3.05, 3.63) is 52.8 Å². The Labute approximate surface area is 214 Å². The average molecular weight is 556 g/mol. The highest BCUT2D eigenvalue weighted by molar-refractivity contribution is 7.91. The molecule has 0 saturated heterocycles. The predicted molar refractivity (Wildman–Crippen MR) is 129 cm³/mol. The molecule has 3 aromatic rings. The summed E-state index contributed by atoms with van der Waals surface area (Å²) in [5.74, 6) is -5.43. The lowest BCUT2D eigenvalue weighted by Crippen LogP contribution is -2.54. The summed E-state index contributed by atoms with van der Waals surface area (Å²) in [6.07, 6.45) is -0.879. The first-order valence-corrected chi connectivity index (χ1v) is 13.2. The number of amides is 1. The van der Waals surface area contributed by atoms with Crippen LogP contribution in [0.15, 0.2) is 45.8 Å². The third-order valence-electron chi connectivity index (χ3n) is 6.28. The first-order chi connectivity index (χ1) is 17.3. The molecule has 9 nitrogen and oxygen atoms in total. The van der Waals surface area contributed by atoms with Crippen LogP contribution in [0.1, 0.15) is 25.3 Å². The number of rotatable bonds is 5. The normalized spacial score (nSPS) is 21.6. The van der Waals surface area contributed by atoms with E-state index in [9.17, 15) is 22.0 Å². The van der Waals surface area contributed by atoms with Gasteiger partial charge in [0.1, 0.15) is 5.82 Å². The maximum atomic E-state index is 15.2. The zero-order valence-electron chi connectivity index (χ0n) is 19.3. The molecule has 196 valence electrons. The minimum atomic E-state index is -4.14. The minimum Gasteiger partial charge on any atom is -0.332 e. The van der Waals surface area contributed by atoms with Crippen LogP contribution in [0, 0.1) is 5.82 Å². The molecule has 37 heavy (non-hydrogen) atoms. The number of fused-ring (bicyclic) bond motifs is 1. The number of aromatic nitrogens is 2. The van der Waals surface area contributed by atoms with Crippen molar-refractivity contribution in [2.75, 3.05) is 16.0 Å². The molecular weight excluding hydrogens is 535 g/mol. The second-order valence-corrected chi connectivity index (χ2v) is 12.0. The van der Waals surface area contributed by atoms with Crippen LogP contribution in [-0.4, -0.2) is 47.7 Å². The molecule has 2 heterocycles. The SMILES string of the molecule is CC1(Nc2nc(-c3cc4c(cc3F)S(=O)(=O)C[C@H](N)C(=O)N4Cc3ccc(Cl)cc3)no2)CC(F)(F)C1. The topological polar surface area (TPSA) is 131 Å². The largest absolute Gasteiger partial charge is 0.332 e. The molecule has 2 aromatic carbocycles. The van der Waals surface area contributed by atoms with Gasteiger partial charge in [-0.3, -0.25) is 4.79 Å². The van der Waals surface area contributed by atoms with Crippen LogP contribution >= 0.6 is 11.6 Å². The summed E-state index contributed by atoms with van der Waals surface area (Å²) in [5.41, 5.74) is 5.19. The molecule has 0 unspecified atom stereocenters. The third kappa shape index (κ3) is 4.90. The number of carbonyl (C=O) groups is 1. The molecule has 1 amide bonds. The molecule has 0 bridgehead atoms. The molecule has 0 spiro atoms.